The van der Waals surface area contributed by atoms with Gasteiger partial charge < -0.3 is 14.2 Å². The first-order valence-corrected chi connectivity index (χ1v) is 18.9. The minimum atomic E-state index is -1.92. The van der Waals surface area contributed by atoms with Crippen LogP contribution in [0.15, 0.2) is 66.7 Å². The van der Waals surface area contributed by atoms with Gasteiger partial charge in [0.1, 0.15) is 0 Å². The van der Waals surface area contributed by atoms with E-state index in [-0.39, 0.29) is 23.1 Å². The van der Waals surface area contributed by atoms with Crippen molar-refractivity contribution in [2.45, 2.75) is 84.2 Å². The summed E-state index contributed by atoms with van der Waals surface area (Å²) in [5.74, 6) is 0.199. The minimum absolute atomic E-state index is 0.0749. The van der Waals surface area contributed by atoms with E-state index in [1.54, 1.807) is 0 Å². The molecule has 0 fully saturated rings. The topological polar surface area (TPSA) is 30.5 Å². The van der Waals surface area contributed by atoms with E-state index in [4.69, 9.17) is 8.85 Å². The minimum Gasteiger partial charge on any atom is -0.417 e. The van der Waals surface area contributed by atoms with Gasteiger partial charge in [0.15, 0.2) is 16.6 Å². The van der Waals surface area contributed by atoms with Gasteiger partial charge >= 0.3 is 0 Å². The molecule has 5 heteroatoms. The number of hydrogen-bond donors (Lipinski definition) is 1. The quantitative estimate of drug-likeness (QED) is 0.304. The Bertz CT molecular complexity index is 870. The zero-order valence-corrected chi connectivity index (χ0v) is 24.9. The van der Waals surface area contributed by atoms with E-state index in [1.807, 2.05) is 0 Å². The van der Waals surface area contributed by atoms with Gasteiger partial charge in [0.25, 0.3) is 0 Å². The molecule has 0 aliphatic carbocycles. The van der Waals surface area contributed by atoms with Crippen LogP contribution in [0.5, 0.6) is 0 Å². The van der Waals surface area contributed by atoms with Gasteiger partial charge in [0.05, 0.1) is 0 Å². The highest BCUT2D eigenvalue weighted by molar-refractivity contribution is 6.74. The summed E-state index contributed by atoms with van der Waals surface area (Å²) in [5.41, 5.74) is 2.49. The Morgan fingerprint density at radius 3 is 1.97 bits per heavy atom. The maximum atomic E-state index is 6.92. The van der Waals surface area contributed by atoms with Crippen molar-refractivity contribution in [3.63, 3.8) is 0 Å². The Labute approximate surface area is 211 Å². The molecule has 0 aromatic heterocycles. The summed E-state index contributed by atoms with van der Waals surface area (Å²) in [6.45, 7) is 22.1. The Kier molecular flexibility index (Phi) is 10.5. The molecule has 0 aliphatic heterocycles. The lowest BCUT2D eigenvalue weighted by atomic mass is 9.94. The molecule has 0 amide bonds. The lowest BCUT2D eigenvalue weighted by Gasteiger charge is -2.42. The van der Waals surface area contributed by atoms with E-state index in [2.05, 4.69) is 139 Å². The maximum Gasteiger partial charge on any atom is 0.192 e. The summed E-state index contributed by atoms with van der Waals surface area (Å²) < 4.78 is 13.4. The summed E-state index contributed by atoms with van der Waals surface area (Å²) in [6.07, 6.45) is 4.61. The second-order valence-corrected chi connectivity index (χ2v) is 21.1. The summed E-state index contributed by atoms with van der Waals surface area (Å²) >= 11 is 0. The normalized spacial score (nSPS) is 15.9. The third kappa shape index (κ3) is 9.63. The summed E-state index contributed by atoms with van der Waals surface area (Å²) in [7, 11) is -3.60. The molecule has 34 heavy (non-hydrogen) atoms. The average Bonchev–Trinajstić information content (AvgIpc) is 2.74. The largest absolute Gasteiger partial charge is 0.417 e. The fourth-order valence-electron chi connectivity index (χ4n) is 3.58. The molecule has 2 aromatic rings. The van der Waals surface area contributed by atoms with Gasteiger partial charge in [-0.2, -0.15) is 0 Å². The third-order valence-corrected chi connectivity index (χ3v) is 12.3. The average molecular weight is 498 g/mol. The van der Waals surface area contributed by atoms with Gasteiger partial charge in [-0.05, 0) is 55.8 Å². The van der Waals surface area contributed by atoms with Gasteiger partial charge in [0, 0.05) is 31.2 Å². The van der Waals surface area contributed by atoms with Crippen LogP contribution in [-0.2, 0) is 15.4 Å². The van der Waals surface area contributed by atoms with Crippen LogP contribution in [0, 0.1) is 5.92 Å². The van der Waals surface area contributed by atoms with Gasteiger partial charge in [-0.25, -0.2) is 0 Å². The highest BCUT2D eigenvalue weighted by Crippen LogP contribution is 2.38. The Morgan fingerprint density at radius 1 is 0.882 bits per heavy atom. The summed E-state index contributed by atoms with van der Waals surface area (Å²) in [5, 5.41) is 4.00. The van der Waals surface area contributed by atoms with Gasteiger partial charge in [0.2, 0.25) is 0 Å². The van der Waals surface area contributed by atoms with Crippen molar-refractivity contribution >= 4 is 22.7 Å². The summed E-state index contributed by atoms with van der Waals surface area (Å²) in [6, 6.07) is 21.3. The van der Waals surface area contributed by atoms with Crippen molar-refractivity contribution < 1.29 is 8.85 Å². The number of hydrogen-bond acceptors (Lipinski definition) is 3. The SMILES string of the molecule is C[C@H](O[Si](C)(C)C(C)(C)C)[C@@H](CO[Si](C)(C)C)[C@@H](/C=C/c1ccccc1)NCc1ccccc1. The van der Waals surface area contributed by atoms with Crippen LogP contribution < -0.4 is 5.32 Å². The molecule has 0 bridgehead atoms. The van der Waals surface area contributed by atoms with Crippen LogP contribution in [0.1, 0.15) is 38.8 Å². The molecular formula is C29H47NO2Si2. The second-order valence-electron chi connectivity index (χ2n) is 11.8. The molecular weight excluding hydrogens is 450 g/mol. The van der Waals surface area contributed by atoms with E-state index in [0.717, 1.165) is 6.54 Å². The van der Waals surface area contributed by atoms with Gasteiger partial charge in [-0.1, -0.05) is 93.6 Å². The first kappa shape index (κ1) is 28.7. The number of rotatable bonds is 12. The third-order valence-electron chi connectivity index (χ3n) is 6.74. The molecule has 0 saturated carbocycles. The van der Waals surface area contributed by atoms with Gasteiger partial charge in [-0.3, -0.25) is 0 Å². The van der Waals surface area contributed by atoms with Crippen molar-refractivity contribution in [1.82, 2.24) is 5.32 Å². The van der Waals surface area contributed by atoms with Crippen molar-refractivity contribution in [1.29, 1.82) is 0 Å². The van der Waals surface area contributed by atoms with Crippen LogP contribution in [0.2, 0.25) is 37.8 Å². The van der Waals surface area contributed by atoms with Crippen LogP contribution in [0.25, 0.3) is 6.08 Å². The molecule has 0 unspecified atom stereocenters. The van der Waals surface area contributed by atoms with Crippen molar-refractivity contribution in [2.24, 2.45) is 5.92 Å². The molecule has 0 aliphatic rings. The Hall–Kier alpha value is -1.51. The molecule has 0 saturated heterocycles. The fourth-order valence-corrected chi connectivity index (χ4v) is 5.73. The van der Waals surface area contributed by atoms with Crippen molar-refractivity contribution in [3.05, 3.63) is 77.9 Å². The number of nitrogens with one attached hydrogen (secondary N) is 1. The van der Waals surface area contributed by atoms with Crippen LogP contribution >= 0.6 is 0 Å². The maximum absolute atomic E-state index is 6.92. The first-order chi connectivity index (χ1) is 15.8. The van der Waals surface area contributed by atoms with Crippen LogP contribution in [0.3, 0.4) is 0 Å². The van der Waals surface area contributed by atoms with E-state index < -0.39 is 16.6 Å². The highest BCUT2D eigenvalue weighted by Gasteiger charge is 2.41. The lowest BCUT2D eigenvalue weighted by Crippen LogP contribution is -2.50. The number of benzene rings is 2. The Balaban J connectivity index is 2.35. The lowest BCUT2D eigenvalue weighted by molar-refractivity contribution is 0.0792. The molecule has 0 spiro atoms. The predicted octanol–water partition coefficient (Wildman–Crippen LogP) is 7.74. The molecule has 1 N–H and O–H groups in total. The molecule has 3 nitrogen and oxygen atoms in total. The molecule has 0 heterocycles. The molecule has 0 radical (unpaired) electrons. The smallest absolute Gasteiger partial charge is 0.192 e. The molecule has 2 aromatic carbocycles. The molecule has 2 rings (SSSR count). The summed E-state index contributed by atoms with van der Waals surface area (Å²) in [4.78, 5) is 0. The Morgan fingerprint density at radius 2 is 1.44 bits per heavy atom. The standard InChI is InChI=1S/C29H47NO2Si2/c1-24(32-34(8,9)29(2,3)4)27(23-31-33(5,6)7)28(21-20-25-16-12-10-13-17-25)30-22-26-18-14-11-15-19-26/h10-21,24,27-28,30H,22-23H2,1-9H3/b21-20+/t24-,27+,28+/m0/s1. The molecule has 3 atom stereocenters. The monoisotopic (exact) mass is 497 g/mol. The van der Waals surface area contributed by atoms with E-state index in [9.17, 15) is 0 Å². The zero-order valence-electron chi connectivity index (χ0n) is 22.9. The fraction of sp³-hybridized carbons (Fsp3) is 0.517. The van der Waals surface area contributed by atoms with Crippen molar-refractivity contribution in [3.8, 4) is 0 Å². The molecule has 188 valence electrons. The predicted molar refractivity (Wildman–Crippen MR) is 153 cm³/mol. The van der Waals surface area contributed by atoms with E-state index in [1.165, 1.54) is 11.1 Å². The highest BCUT2D eigenvalue weighted by atomic mass is 28.4. The van der Waals surface area contributed by atoms with E-state index >= 15 is 0 Å². The van der Waals surface area contributed by atoms with E-state index in [0.29, 0.717) is 6.61 Å². The second kappa shape index (κ2) is 12.5. The van der Waals surface area contributed by atoms with Crippen LogP contribution in [-0.4, -0.2) is 35.4 Å². The van der Waals surface area contributed by atoms with Crippen LogP contribution in [0.4, 0.5) is 0 Å². The zero-order chi connectivity index (χ0) is 25.4. The first-order valence-electron chi connectivity index (χ1n) is 12.6. The van der Waals surface area contributed by atoms with Crippen molar-refractivity contribution in [2.75, 3.05) is 6.61 Å². The van der Waals surface area contributed by atoms with Gasteiger partial charge in [-0.15, -0.1) is 0 Å².